The van der Waals surface area contributed by atoms with Gasteiger partial charge < -0.3 is 10.4 Å². The van der Waals surface area contributed by atoms with Crippen LogP contribution in [0.5, 0.6) is 0 Å². The molecule has 0 saturated heterocycles. The predicted octanol–water partition coefficient (Wildman–Crippen LogP) is 2.90. The lowest BCUT2D eigenvalue weighted by molar-refractivity contribution is -0.130. The van der Waals surface area contributed by atoms with E-state index in [0.717, 1.165) is 25.7 Å². The molecule has 1 fully saturated rings. The monoisotopic (exact) mass is 247 g/mol. The van der Waals surface area contributed by atoms with Gasteiger partial charge in [0.1, 0.15) is 0 Å². The number of anilines is 1. The van der Waals surface area contributed by atoms with E-state index in [1.54, 1.807) is 12.1 Å². The van der Waals surface area contributed by atoms with Crippen LogP contribution in [0.3, 0.4) is 0 Å². The van der Waals surface area contributed by atoms with Gasteiger partial charge in [-0.1, -0.05) is 13.3 Å². The zero-order chi connectivity index (χ0) is 13.2. The first kappa shape index (κ1) is 12.6. The molecule has 1 amide bonds. The molecular formula is C14H17NO3. The molecule has 0 bridgehead atoms. The van der Waals surface area contributed by atoms with Crippen LogP contribution in [0.1, 0.15) is 43.0 Å². The van der Waals surface area contributed by atoms with Gasteiger partial charge in [-0.05, 0) is 43.5 Å². The van der Waals surface area contributed by atoms with Crippen LogP contribution in [0, 0.1) is 5.41 Å². The molecule has 0 radical (unpaired) electrons. The molecule has 0 aliphatic heterocycles. The summed E-state index contributed by atoms with van der Waals surface area (Å²) in [6.45, 7) is 2.03. The maximum Gasteiger partial charge on any atom is 0.335 e. The topological polar surface area (TPSA) is 66.4 Å². The van der Waals surface area contributed by atoms with Gasteiger partial charge in [-0.25, -0.2) is 4.79 Å². The summed E-state index contributed by atoms with van der Waals surface area (Å²) in [4.78, 5) is 22.8. The van der Waals surface area contributed by atoms with Crippen molar-refractivity contribution < 1.29 is 14.7 Å². The van der Waals surface area contributed by atoms with Crippen molar-refractivity contribution in [1.82, 2.24) is 0 Å². The van der Waals surface area contributed by atoms with E-state index in [0.29, 0.717) is 5.69 Å². The minimum atomic E-state index is -0.961. The van der Waals surface area contributed by atoms with Gasteiger partial charge in [-0.3, -0.25) is 4.79 Å². The SMILES string of the molecule is CCC1(C(=O)Nc2ccc(C(=O)O)cc2)CCC1. The van der Waals surface area contributed by atoms with Crippen LogP contribution in [-0.4, -0.2) is 17.0 Å². The number of rotatable bonds is 4. The highest BCUT2D eigenvalue weighted by Crippen LogP contribution is 2.44. The lowest BCUT2D eigenvalue weighted by Gasteiger charge is -2.39. The fraction of sp³-hybridized carbons (Fsp3) is 0.429. The maximum atomic E-state index is 12.1. The average molecular weight is 247 g/mol. The second-order valence-corrected chi connectivity index (χ2v) is 4.82. The molecule has 1 aliphatic rings. The Bertz CT molecular complexity index is 455. The molecule has 4 nitrogen and oxygen atoms in total. The lowest BCUT2D eigenvalue weighted by atomic mass is 9.66. The van der Waals surface area contributed by atoms with Crippen molar-refractivity contribution in [3.63, 3.8) is 0 Å². The molecule has 1 saturated carbocycles. The van der Waals surface area contributed by atoms with Gasteiger partial charge in [0.2, 0.25) is 5.91 Å². The number of benzene rings is 1. The molecule has 2 rings (SSSR count). The Morgan fingerprint density at radius 1 is 1.28 bits per heavy atom. The van der Waals surface area contributed by atoms with E-state index in [2.05, 4.69) is 5.32 Å². The summed E-state index contributed by atoms with van der Waals surface area (Å²) in [5.74, 6) is -0.906. The van der Waals surface area contributed by atoms with E-state index in [1.165, 1.54) is 12.1 Å². The normalized spacial score (nSPS) is 16.7. The molecule has 0 unspecified atom stereocenters. The molecular weight excluding hydrogens is 230 g/mol. The first-order valence-electron chi connectivity index (χ1n) is 6.22. The number of aromatic carboxylic acids is 1. The van der Waals surface area contributed by atoms with Crippen LogP contribution in [0.25, 0.3) is 0 Å². The van der Waals surface area contributed by atoms with Gasteiger partial charge in [0.05, 0.1) is 5.56 Å². The number of amides is 1. The summed E-state index contributed by atoms with van der Waals surface area (Å²) in [7, 11) is 0. The highest BCUT2D eigenvalue weighted by atomic mass is 16.4. The standard InChI is InChI=1S/C14H17NO3/c1-2-14(8-3-9-14)13(18)15-11-6-4-10(5-7-11)12(16)17/h4-7H,2-3,8-9H2,1H3,(H,15,18)(H,16,17). The third-order valence-corrected chi connectivity index (χ3v) is 3.86. The second-order valence-electron chi connectivity index (χ2n) is 4.82. The largest absolute Gasteiger partial charge is 0.478 e. The first-order chi connectivity index (χ1) is 8.57. The van der Waals surface area contributed by atoms with E-state index < -0.39 is 5.97 Å². The van der Waals surface area contributed by atoms with Crippen LogP contribution < -0.4 is 5.32 Å². The second kappa shape index (κ2) is 4.80. The Labute approximate surface area is 106 Å². The van der Waals surface area contributed by atoms with E-state index in [4.69, 9.17) is 5.11 Å². The molecule has 1 aliphatic carbocycles. The summed E-state index contributed by atoms with van der Waals surface area (Å²) >= 11 is 0. The fourth-order valence-electron chi connectivity index (χ4n) is 2.30. The summed E-state index contributed by atoms with van der Waals surface area (Å²) in [5, 5.41) is 11.7. The molecule has 4 heteroatoms. The number of nitrogens with one attached hydrogen (secondary N) is 1. The minimum Gasteiger partial charge on any atom is -0.478 e. The van der Waals surface area contributed by atoms with Crippen molar-refractivity contribution in [2.24, 2.45) is 5.41 Å². The lowest BCUT2D eigenvalue weighted by Crippen LogP contribution is -2.41. The van der Waals surface area contributed by atoms with Gasteiger partial charge in [0, 0.05) is 11.1 Å². The van der Waals surface area contributed by atoms with Crippen molar-refractivity contribution >= 4 is 17.6 Å². The molecule has 0 aromatic heterocycles. The van der Waals surface area contributed by atoms with Crippen molar-refractivity contribution in [3.05, 3.63) is 29.8 Å². The summed E-state index contributed by atoms with van der Waals surface area (Å²) < 4.78 is 0. The fourth-order valence-corrected chi connectivity index (χ4v) is 2.30. The highest BCUT2D eigenvalue weighted by Gasteiger charge is 2.42. The van der Waals surface area contributed by atoms with E-state index in [-0.39, 0.29) is 16.9 Å². The number of carboxylic acids is 1. The Balaban J connectivity index is 2.05. The Morgan fingerprint density at radius 3 is 2.28 bits per heavy atom. The predicted molar refractivity (Wildman–Crippen MR) is 68.6 cm³/mol. The number of carbonyl (C=O) groups excluding carboxylic acids is 1. The van der Waals surface area contributed by atoms with Gasteiger partial charge >= 0.3 is 5.97 Å². The molecule has 18 heavy (non-hydrogen) atoms. The Kier molecular flexibility index (Phi) is 3.36. The van der Waals surface area contributed by atoms with E-state index >= 15 is 0 Å². The van der Waals surface area contributed by atoms with Crippen LogP contribution >= 0.6 is 0 Å². The maximum absolute atomic E-state index is 12.1. The number of carboxylic acid groups (broad SMARTS) is 1. The molecule has 0 atom stereocenters. The van der Waals surface area contributed by atoms with Crippen LogP contribution in [-0.2, 0) is 4.79 Å². The van der Waals surface area contributed by atoms with Crippen LogP contribution in [0.2, 0.25) is 0 Å². The number of hydrogen-bond donors (Lipinski definition) is 2. The smallest absolute Gasteiger partial charge is 0.335 e. The first-order valence-corrected chi connectivity index (χ1v) is 6.22. The summed E-state index contributed by atoms with van der Waals surface area (Å²) in [5.41, 5.74) is 0.678. The van der Waals surface area contributed by atoms with Crippen molar-refractivity contribution in [3.8, 4) is 0 Å². The van der Waals surface area contributed by atoms with Crippen LogP contribution in [0.4, 0.5) is 5.69 Å². The minimum absolute atomic E-state index is 0.0549. The van der Waals surface area contributed by atoms with Crippen LogP contribution in [0.15, 0.2) is 24.3 Å². The Morgan fingerprint density at radius 2 is 1.89 bits per heavy atom. The van der Waals surface area contributed by atoms with Gasteiger partial charge in [-0.15, -0.1) is 0 Å². The molecule has 96 valence electrons. The highest BCUT2D eigenvalue weighted by molar-refractivity contribution is 5.96. The zero-order valence-corrected chi connectivity index (χ0v) is 10.4. The number of hydrogen-bond acceptors (Lipinski definition) is 2. The average Bonchev–Trinajstić information content (AvgIpc) is 2.29. The van der Waals surface area contributed by atoms with E-state index in [9.17, 15) is 9.59 Å². The van der Waals surface area contributed by atoms with E-state index in [1.807, 2.05) is 6.92 Å². The van der Waals surface area contributed by atoms with Crippen molar-refractivity contribution in [1.29, 1.82) is 0 Å². The van der Waals surface area contributed by atoms with Gasteiger partial charge in [-0.2, -0.15) is 0 Å². The molecule has 0 heterocycles. The summed E-state index contributed by atoms with van der Waals surface area (Å²) in [6, 6.07) is 6.25. The quantitative estimate of drug-likeness (QED) is 0.859. The summed E-state index contributed by atoms with van der Waals surface area (Å²) in [6.07, 6.45) is 3.86. The van der Waals surface area contributed by atoms with Crippen molar-refractivity contribution in [2.75, 3.05) is 5.32 Å². The molecule has 0 spiro atoms. The third kappa shape index (κ3) is 2.23. The molecule has 1 aromatic carbocycles. The molecule has 1 aromatic rings. The van der Waals surface area contributed by atoms with Gasteiger partial charge in [0.15, 0.2) is 0 Å². The Hall–Kier alpha value is -1.84. The van der Waals surface area contributed by atoms with Crippen molar-refractivity contribution in [2.45, 2.75) is 32.6 Å². The molecule has 2 N–H and O–H groups in total. The van der Waals surface area contributed by atoms with Gasteiger partial charge in [0.25, 0.3) is 0 Å². The zero-order valence-electron chi connectivity index (χ0n) is 10.4. The number of carbonyl (C=O) groups is 2. The third-order valence-electron chi connectivity index (χ3n) is 3.86.